The topological polar surface area (TPSA) is 75.7 Å². The van der Waals surface area contributed by atoms with Gasteiger partial charge >= 0.3 is 0 Å². The maximum Gasteiger partial charge on any atom is 0.183 e. The molecule has 2 unspecified atom stereocenters. The summed E-state index contributed by atoms with van der Waals surface area (Å²) in [5.74, 6) is 0.904. The Morgan fingerprint density at radius 2 is 2.21 bits per heavy atom. The number of rotatable bonds is 3. The predicted octanol–water partition coefficient (Wildman–Crippen LogP) is 2.47. The van der Waals surface area contributed by atoms with Crippen molar-refractivity contribution in [1.29, 1.82) is 0 Å². The van der Waals surface area contributed by atoms with Gasteiger partial charge in [-0.2, -0.15) is 0 Å². The molecule has 2 heterocycles. The fourth-order valence-corrected chi connectivity index (χ4v) is 2.50. The van der Waals surface area contributed by atoms with Crippen LogP contribution in [0.4, 0.5) is 5.13 Å². The third-order valence-corrected chi connectivity index (χ3v) is 3.90. The molecule has 0 saturated carbocycles. The summed E-state index contributed by atoms with van der Waals surface area (Å²) < 4.78 is 0. The van der Waals surface area contributed by atoms with E-state index in [1.165, 1.54) is 0 Å². The lowest BCUT2D eigenvalue weighted by Crippen LogP contribution is -2.31. The third kappa shape index (κ3) is 3.61. The summed E-state index contributed by atoms with van der Waals surface area (Å²) in [5, 5.41) is 4.20. The molecule has 1 aliphatic heterocycles. The molecule has 3 N–H and O–H groups in total. The van der Waals surface area contributed by atoms with Crippen molar-refractivity contribution in [2.24, 2.45) is 21.1 Å². The lowest BCUT2D eigenvalue weighted by Gasteiger charge is -2.23. The highest BCUT2D eigenvalue weighted by atomic mass is 32.1. The van der Waals surface area contributed by atoms with Crippen molar-refractivity contribution >= 4 is 28.5 Å². The van der Waals surface area contributed by atoms with Crippen LogP contribution in [0.25, 0.3) is 0 Å². The molecule has 1 aromatic rings. The average molecular weight is 279 g/mol. The van der Waals surface area contributed by atoms with E-state index in [0.717, 1.165) is 15.8 Å². The smallest absolute Gasteiger partial charge is 0.183 e. The largest absolute Gasteiger partial charge is 0.352 e. The van der Waals surface area contributed by atoms with Gasteiger partial charge in [-0.15, -0.1) is 11.3 Å². The summed E-state index contributed by atoms with van der Waals surface area (Å²) in [4.78, 5) is 14.4. The molecule has 2 rings (SSSR count). The Morgan fingerprint density at radius 1 is 1.47 bits per heavy atom. The highest BCUT2D eigenvalue weighted by Crippen LogP contribution is 2.24. The van der Waals surface area contributed by atoms with Crippen molar-refractivity contribution in [3.63, 3.8) is 0 Å². The van der Waals surface area contributed by atoms with Gasteiger partial charge in [0.05, 0.1) is 12.6 Å². The van der Waals surface area contributed by atoms with Gasteiger partial charge in [0.2, 0.25) is 0 Å². The van der Waals surface area contributed by atoms with E-state index in [-0.39, 0.29) is 17.5 Å². The first-order valence-corrected chi connectivity index (χ1v) is 7.25. The van der Waals surface area contributed by atoms with Crippen LogP contribution in [-0.4, -0.2) is 29.6 Å². The van der Waals surface area contributed by atoms with Gasteiger partial charge in [-0.1, -0.05) is 20.8 Å². The molecule has 5 nitrogen and oxygen atoms in total. The molecule has 19 heavy (non-hydrogen) atoms. The van der Waals surface area contributed by atoms with Gasteiger partial charge in [-0.25, -0.2) is 9.98 Å². The SMILES string of the molecule is CC(N)c1cnc(NC2C=NC(C(C)(C)C)=NC2)s1. The molecule has 0 bridgehead atoms. The third-order valence-electron chi connectivity index (χ3n) is 2.77. The van der Waals surface area contributed by atoms with E-state index in [4.69, 9.17) is 5.73 Å². The zero-order valence-corrected chi connectivity index (χ0v) is 12.7. The number of thiazole rings is 1. The lowest BCUT2D eigenvalue weighted by atomic mass is 9.94. The molecule has 0 aromatic carbocycles. The van der Waals surface area contributed by atoms with E-state index >= 15 is 0 Å². The van der Waals surface area contributed by atoms with Crippen LogP contribution in [0.5, 0.6) is 0 Å². The number of nitrogens with two attached hydrogens (primary N) is 1. The fourth-order valence-electron chi connectivity index (χ4n) is 1.67. The first-order chi connectivity index (χ1) is 8.86. The van der Waals surface area contributed by atoms with Gasteiger partial charge < -0.3 is 11.1 Å². The molecule has 104 valence electrons. The van der Waals surface area contributed by atoms with Gasteiger partial charge in [0.1, 0.15) is 5.84 Å². The van der Waals surface area contributed by atoms with Crippen LogP contribution in [0.15, 0.2) is 16.2 Å². The summed E-state index contributed by atoms with van der Waals surface area (Å²) >= 11 is 1.58. The monoisotopic (exact) mass is 279 g/mol. The van der Waals surface area contributed by atoms with Crippen molar-refractivity contribution in [3.05, 3.63) is 11.1 Å². The molecule has 1 aliphatic rings. The minimum Gasteiger partial charge on any atom is -0.352 e. The standard InChI is InChI=1S/C13H21N5S/c1-8(14)10-7-17-12(19-10)18-9-5-15-11(16-6-9)13(2,3)4/h5,7-9H,6,14H2,1-4H3,(H,17,18). The van der Waals surface area contributed by atoms with Gasteiger partial charge in [0, 0.05) is 28.7 Å². The van der Waals surface area contributed by atoms with Crippen molar-refractivity contribution < 1.29 is 0 Å². The van der Waals surface area contributed by atoms with Crippen LogP contribution >= 0.6 is 11.3 Å². The zero-order chi connectivity index (χ0) is 14.0. The second-order valence-electron chi connectivity index (χ2n) is 5.80. The Morgan fingerprint density at radius 3 is 2.68 bits per heavy atom. The Balaban J connectivity index is 1.96. The number of aromatic nitrogens is 1. The highest BCUT2D eigenvalue weighted by Gasteiger charge is 2.22. The Labute approximate surface area is 118 Å². The van der Waals surface area contributed by atoms with Crippen LogP contribution in [0, 0.1) is 5.41 Å². The summed E-state index contributed by atoms with van der Waals surface area (Å²) in [6, 6.07) is 0.136. The predicted molar refractivity (Wildman–Crippen MR) is 82.4 cm³/mol. The molecular formula is C13H21N5S. The van der Waals surface area contributed by atoms with Gasteiger partial charge in [-0.05, 0) is 6.92 Å². The van der Waals surface area contributed by atoms with Gasteiger partial charge in [0.25, 0.3) is 0 Å². The van der Waals surface area contributed by atoms with E-state index < -0.39 is 0 Å². The van der Waals surface area contributed by atoms with Crippen LogP contribution in [0.2, 0.25) is 0 Å². The Bertz CT molecular complexity index is 495. The zero-order valence-electron chi connectivity index (χ0n) is 11.8. The quantitative estimate of drug-likeness (QED) is 0.892. The maximum absolute atomic E-state index is 5.82. The number of amidine groups is 1. The molecule has 1 aromatic heterocycles. The van der Waals surface area contributed by atoms with Crippen LogP contribution in [0.3, 0.4) is 0 Å². The fraction of sp³-hybridized carbons (Fsp3) is 0.615. The van der Waals surface area contributed by atoms with Gasteiger partial charge in [-0.3, -0.25) is 4.99 Å². The van der Waals surface area contributed by atoms with Crippen molar-refractivity contribution in [2.45, 2.75) is 39.8 Å². The number of hydrogen-bond acceptors (Lipinski definition) is 6. The number of nitrogens with zero attached hydrogens (tertiary/aromatic N) is 3. The summed E-state index contributed by atoms with van der Waals surface area (Å²) in [7, 11) is 0. The summed E-state index contributed by atoms with van der Waals surface area (Å²) in [6.07, 6.45) is 3.74. The first-order valence-electron chi connectivity index (χ1n) is 6.43. The summed E-state index contributed by atoms with van der Waals surface area (Å²) in [5.41, 5.74) is 5.83. The first kappa shape index (κ1) is 14.1. The van der Waals surface area contributed by atoms with E-state index in [1.807, 2.05) is 19.3 Å². The molecule has 6 heteroatoms. The van der Waals surface area contributed by atoms with Crippen LogP contribution in [-0.2, 0) is 0 Å². The van der Waals surface area contributed by atoms with Crippen LogP contribution in [0.1, 0.15) is 38.6 Å². The lowest BCUT2D eigenvalue weighted by molar-refractivity contribution is 0.579. The van der Waals surface area contributed by atoms with Crippen molar-refractivity contribution in [3.8, 4) is 0 Å². The number of anilines is 1. The highest BCUT2D eigenvalue weighted by molar-refractivity contribution is 7.15. The van der Waals surface area contributed by atoms with Gasteiger partial charge in [0.15, 0.2) is 5.13 Å². The Kier molecular flexibility index (Phi) is 4.01. The normalized spacial score (nSPS) is 21.1. The second-order valence-corrected chi connectivity index (χ2v) is 6.86. The van der Waals surface area contributed by atoms with Crippen molar-refractivity contribution in [1.82, 2.24) is 4.98 Å². The molecule has 0 fully saturated rings. The van der Waals surface area contributed by atoms with E-state index in [9.17, 15) is 0 Å². The average Bonchev–Trinajstić information content (AvgIpc) is 2.77. The second kappa shape index (κ2) is 5.38. The molecule has 0 radical (unpaired) electrons. The Hall–Kier alpha value is -1.27. The number of nitrogens with one attached hydrogen (secondary N) is 1. The minimum atomic E-state index is 0.00476. The van der Waals surface area contributed by atoms with E-state index in [0.29, 0.717) is 6.54 Å². The molecule has 0 aliphatic carbocycles. The van der Waals surface area contributed by atoms with Crippen molar-refractivity contribution in [2.75, 3.05) is 11.9 Å². The maximum atomic E-state index is 5.82. The molecule has 2 atom stereocenters. The molecular weight excluding hydrogens is 258 g/mol. The van der Waals surface area contributed by atoms with E-state index in [2.05, 4.69) is 41.1 Å². The molecule has 0 spiro atoms. The van der Waals surface area contributed by atoms with Crippen LogP contribution < -0.4 is 11.1 Å². The minimum absolute atomic E-state index is 0.00476. The van der Waals surface area contributed by atoms with E-state index in [1.54, 1.807) is 11.3 Å². The number of hydrogen-bond donors (Lipinski definition) is 2. The number of aliphatic imine (C=N–C) groups is 2. The summed E-state index contributed by atoms with van der Waals surface area (Å²) in [6.45, 7) is 9.01. The molecule has 0 amide bonds. The molecule has 0 saturated heterocycles.